The number of nitrogens with zero attached hydrogens (tertiary/aromatic N) is 2. The lowest BCUT2D eigenvalue weighted by atomic mass is 10.3. The summed E-state index contributed by atoms with van der Waals surface area (Å²) in [5.41, 5.74) is 0.354. The van der Waals surface area contributed by atoms with E-state index < -0.39 is 0 Å². The molecule has 4 heteroatoms. The molecular weight excluding hydrogens is 152 g/mol. The lowest BCUT2D eigenvalue weighted by Crippen LogP contribution is -2.28. The minimum atomic E-state index is 0.243. The molecule has 1 aromatic rings. The molecule has 0 unspecified atom stereocenters. The van der Waals surface area contributed by atoms with Crippen LogP contribution in [0, 0.1) is 11.3 Å². The normalized spacial score (nSPS) is 8.80. The Morgan fingerprint density at radius 1 is 1.70 bits per heavy atom. The highest BCUT2D eigenvalue weighted by molar-refractivity contribution is 6.31. The molecule has 0 bridgehead atoms. The van der Waals surface area contributed by atoms with E-state index in [0.29, 0.717) is 5.56 Å². The molecule has 0 aliphatic carbocycles. The minimum Gasteiger partial charge on any atom is -0.285 e. The predicted molar refractivity (Wildman–Crippen MR) is 33.5 cm³/mol. The molecule has 0 aliphatic heterocycles. The van der Waals surface area contributed by atoms with Gasteiger partial charge in [0.05, 0.1) is 5.56 Å². The van der Waals surface area contributed by atoms with Crippen molar-refractivity contribution in [2.75, 3.05) is 0 Å². The van der Waals surface area contributed by atoms with Crippen molar-refractivity contribution in [2.24, 2.45) is 0 Å². The van der Waals surface area contributed by atoms with Gasteiger partial charge in [-0.2, -0.15) is 5.26 Å². The van der Waals surface area contributed by atoms with Crippen LogP contribution in [-0.2, 0) is 0 Å². The van der Waals surface area contributed by atoms with Gasteiger partial charge >= 0.3 is 0 Å². The Labute approximate surface area is 62.7 Å². The molecule has 50 valence electrons. The van der Waals surface area contributed by atoms with Gasteiger partial charge in [-0.05, 0) is 0 Å². The molecule has 1 N–H and O–H groups in total. The average Bonchev–Trinajstić information content (AvgIpc) is 1.88. The van der Waals surface area contributed by atoms with Crippen molar-refractivity contribution < 1.29 is 9.94 Å². The van der Waals surface area contributed by atoms with Gasteiger partial charge in [-0.15, -0.1) is 0 Å². The summed E-state index contributed by atoms with van der Waals surface area (Å²) < 4.78 is 0.795. The van der Waals surface area contributed by atoms with Crippen LogP contribution in [-0.4, -0.2) is 5.21 Å². The van der Waals surface area contributed by atoms with Crippen LogP contribution in [0.15, 0.2) is 18.5 Å². The zero-order chi connectivity index (χ0) is 7.56. The first-order valence-electron chi connectivity index (χ1n) is 2.54. The molecule has 0 fully saturated rings. The molecule has 0 aliphatic rings. The molecule has 3 nitrogen and oxygen atoms in total. The topological polar surface area (TPSA) is 47.9 Å². The molecule has 1 rings (SSSR count). The molecule has 0 saturated heterocycles. The molecule has 10 heavy (non-hydrogen) atoms. The third-order valence-corrected chi connectivity index (χ3v) is 1.32. The van der Waals surface area contributed by atoms with Crippen LogP contribution >= 0.6 is 11.6 Å². The highest BCUT2D eigenvalue weighted by Gasteiger charge is 2.04. The summed E-state index contributed by atoms with van der Waals surface area (Å²) >= 11 is 5.53. The fourth-order valence-electron chi connectivity index (χ4n) is 0.550. The van der Waals surface area contributed by atoms with Crippen molar-refractivity contribution in [1.82, 2.24) is 0 Å². The Morgan fingerprint density at radius 3 is 2.90 bits per heavy atom. The lowest BCUT2D eigenvalue weighted by Gasteiger charge is -1.86. The first-order valence-corrected chi connectivity index (χ1v) is 2.92. The standard InChI is InChI=1S/C6H4ClN2O/c7-6-4-9(10)2-1-5(6)3-8/h1-2,4,10H/q+1. The Hall–Kier alpha value is -1.27. The first-order chi connectivity index (χ1) is 4.74. The maximum atomic E-state index is 8.76. The van der Waals surface area contributed by atoms with Gasteiger partial charge in [0.1, 0.15) is 11.1 Å². The van der Waals surface area contributed by atoms with Crippen LogP contribution in [0.1, 0.15) is 5.56 Å². The number of halogens is 1. The molecule has 1 aromatic heterocycles. The van der Waals surface area contributed by atoms with E-state index in [4.69, 9.17) is 22.1 Å². The fourth-order valence-corrected chi connectivity index (χ4v) is 0.755. The average molecular weight is 156 g/mol. The summed E-state index contributed by atoms with van der Waals surface area (Å²) in [6.45, 7) is 0. The Morgan fingerprint density at radius 2 is 2.40 bits per heavy atom. The second-order valence-electron chi connectivity index (χ2n) is 1.70. The van der Waals surface area contributed by atoms with E-state index in [9.17, 15) is 0 Å². The summed E-state index contributed by atoms with van der Waals surface area (Å²) in [6.07, 6.45) is 2.59. The van der Waals surface area contributed by atoms with Gasteiger partial charge in [0, 0.05) is 10.8 Å². The van der Waals surface area contributed by atoms with E-state index in [-0.39, 0.29) is 5.02 Å². The first kappa shape index (κ1) is 6.84. The van der Waals surface area contributed by atoms with Crippen molar-refractivity contribution in [3.05, 3.63) is 29.0 Å². The van der Waals surface area contributed by atoms with Gasteiger partial charge in [-0.25, -0.2) is 0 Å². The molecule has 0 radical (unpaired) electrons. The molecule has 0 spiro atoms. The van der Waals surface area contributed by atoms with Crippen molar-refractivity contribution in [1.29, 1.82) is 5.26 Å². The lowest BCUT2D eigenvalue weighted by molar-refractivity contribution is -0.904. The second-order valence-corrected chi connectivity index (χ2v) is 2.11. The van der Waals surface area contributed by atoms with Crippen LogP contribution in [0.3, 0.4) is 0 Å². The van der Waals surface area contributed by atoms with Crippen LogP contribution in [0.2, 0.25) is 5.02 Å². The van der Waals surface area contributed by atoms with Crippen molar-refractivity contribution in [3.63, 3.8) is 0 Å². The highest BCUT2D eigenvalue weighted by Crippen LogP contribution is 2.09. The summed E-state index contributed by atoms with van der Waals surface area (Å²) in [5.74, 6) is 0. The Balaban J connectivity index is 3.23. The monoisotopic (exact) mass is 155 g/mol. The van der Waals surface area contributed by atoms with E-state index in [1.54, 1.807) is 0 Å². The fraction of sp³-hybridized carbons (Fsp3) is 0. The predicted octanol–water partition coefficient (Wildman–Crippen LogP) is 0.736. The van der Waals surface area contributed by atoms with E-state index in [0.717, 1.165) is 4.73 Å². The number of aromatic nitrogens is 1. The van der Waals surface area contributed by atoms with Crippen molar-refractivity contribution in [2.45, 2.75) is 0 Å². The van der Waals surface area contributed by atoms with E-state index >= 15 is 0 Å². The number of rotatable bonds is 0. The van der Waals surface area contributed by atoms with Gasteiger partial charge in [-0.3, -0.25) is 5.21 Å². The van der Waals surface area contributed by atoms with Gasteiger partial charge in [0.2, 0.25) is 12.4 Å². The molecule has 0 saturated carbocycles. The summed E-state index contributed by atoms with van der Waals surface area (Å²) in [6, 6.07) is 3.30. The second kappa shape index (κ2) is 2.54. The molecular formula is C6H4ClN2O+. The number of pyridine rings is 1. The third-order valence-electron chi connectivity index (χ3n) is 1.02. The molecule has 1 heterocycles. The number of nitriles is 1. The zero-order valence-corrected chi connectivity index (χ0v) is 5.71. The summed E-state index contributed by atoms with van der Waals surface area (Å²) in [7, 11) is 0. The SMILES string of the molecule is N#Cc1cc[n+](O)cc1Cl. The molecule has 0 amide bonds. The van der Waals surface area contributed by atoms with Crippen LogP contribution < -0.4 is 4.73 Å². The maximum absolute atomic E-state index is 8.76. The van der Waals surface area contributed by atoms with E-state index in [1.165, 1.54) is 18.5 Å². The smallest absolute Gasteiger partial charge is 0.242 e. The van der Waals surface area contributed by atoms with Crippen LogP contribution in [0.5, 0.6) is 0 Å². The number of hydrogen-bond donors (Lipinski definition) is 1. The van der Waals surface area contributed by atoms with Crippen LogP contribution in [0.25, 0.3) is 0 Å². The maximum Gasteiger partial charge on any atom is 0.242 e. The van der Waals surface area contributed by atoms with E-state index in [1.807, 2.05) is 6.07 Å². The third kappa shape index (κ3) is 1.17. The Kier molecular flexibility index (Phi) is 1.74. The number of hydrogen-bond acceptors (Lipinski definition) is 2. The Bertz CT molecular complexity index is 292. The van der Waals surface area contributed by atoms with Gasteiger partial charge in [-0.1, -0.05) is 11.6 Å². The van der Waals surface area contributed by atoms with Crippen LogP contribution in [0.4, 0.5) is 0 Å². The van der Waals surface area contributed by atoms with Gasteiger partial charge in [0.15, 0.2) is 0 Å². The highest BCUT2D eigenvalue weighted by atomic mass is 35.5. The van der Waals surface area contributed by atoms with Crippen molar-refractivity contribution in [3.8, 4) is 6.07 Å². The zero-order valence-electron chi connectivity index (χ0n) is 4.95. The van der Waals surface area contributed by atoms with E-state index in [2.05, 4.69) is 0 Å². The quantitative estimate of drug-likeness (QED) is 0.444. The summed E-state index contributed by atoms with van der Waals surface area (Å²) in [5, 5.41) is 17.4. The summed E-state index contributed by atoms with van der Waals surface area (Å²) in [4.78, 5) is 0. The van der Waals surface area contributed by atoms with Crippen molar-refractivity contribution >= 4 is 11.6 Å². The van der Waals surface area contributed by atoms with Gasteiger partial charge in [0.25, 0.3) is 0 Å². The largest absolute Gasteiger partial charge is 0.285 e. The minimum absolute atomic E-state index is 0.243. The molecule has 0 atom stereocenters. The molecule has 0 aromatic carbocycles. The van der Waals surface area contributed by atoms with Gasteiger partial charge < -0.3 is 0 Å².